The molecular weight excluding hydrogens is 340 g/mol. The summed E-state index contributed by atoms with van der Waals surface area (Å²) in [6.45, 7) is 3.67. The Bertz CT molecular complexity index is 803. The van der Waals surface area contributed by atoms with Crippen LogP contribution in [0.3, 0.4) is 0 Å². The van der Waals surface area contributed by atoms with Crippen molar-refractivity contribution in [3.63, 3.8) is 0 Å². The number of nitrogens with zero attached hydrogens (tertiary/aromatic N) is 1. The van der Waals surface area contributed by atoms with E-state index in [9.17, 15) is 14.9 Å². The van der Waals surface area contributed by atoms with Crippen LogP contribution in [0.4, 0.5) is 0 Å². The summed E-state index contributed by atoms with van der Waals surface area (Å²) in [6, 6.07) is 8.66. The van der Waals surface area contributed by atoms with Crippen molar-refractivity contribution in [3.8, 4) is 6.07 Å². The Kier molecular flexibility index (Phi) is 5.88. The van der Waals surface area contributed by atoms with Gasteiger partial charge in [-0.3, -0.25) is 0 Å². The second-order valence-electron chi connectivity index (χ2n) is 5.30. The number of hydrogen-bond acceptors (Lipinski definition) is 7. The molecule has 1 atom stereocenters. The number of methoxy groups -OCH3 is 1. The van der Waals surface area contributed by atoms with Gasteiger partial charge in [0.2, 0.25) is 0 Å². The molecule has 2 rings (SSSR count). The predicted octanol–water partition coefficient (Wildman–Crippen LogP) is 2.66. The minimum Gasteiger partial charge on any atom is -0.465 e. The monoisotopic (exact) mass is 358 g/mol. The Morgan fingerprint density at radius 3 is 2.44 bits per heavy atom. The first-order valence-electron chi connectivity index (χ1n) is 7.61. The summed E-state index contributed by atoms with van der Waals surface area (Å²) >= 11 is 4.32. The Morgan fingerprint density at radius 2 is 1.92 bits per heavy atom. The van der Waals surface area contributed by atoms with Crippen molar-refractivity contribution in [2.24, 2.45) is 0 Å². The van der Waals surface area contributed by atoms with Crippen LogP contribution in [0.5, 0.6) is 0 Å². The summed E-state index contributed by atoms with van der Waals surface area (Å²) in [6.07, 6.45) is 0. The van der Waals surface area contributed by atoms with Gasteiger partial charge in [-0.1, -0.05) is 12.1 Å². The number of thiol groups is 1. The molecule has 0 saturated heterocycles. The number of allylic oxidation sites excluding steroid dienone is 2. The molecule has 1 heterocycles. The van der Waals surface area contributed by atoms with Crippen molar-refractivity contribution in [2.75, 3.05) is 13.7 Å². The van der Waals surface area contributed by atoms with E-state index >= 15 is 0 Å². The van der Waals surface area contributed by atoms with Crippen LogP contribution >= 0.6 is 12.6 Å². The lowest BCUT2D eigenvalue weighted by molar-refractivity contribution is -0.138. The Hall–Kier alpha value is -2.72. The van der Waals surface area contributed by atoms with E-state index < -0.39 is 17.9 Å². The first-order valence-corrected chi connectivity index (χ1v) is 8.05. The van der Waals surface area contributed by atoms with Gasteiger partial charge in [-0.05, 0) is 31.5 Å². The minimum absolute atomic E-state index is 0.225. The molecule has 0 radical (unpaired) electrons. The number of ether oxygens (including phenoxy) is 2. The van der Waals surface area contributed by atoms with E-state index in [4.69, 9.17) is 4.74 Å². The Morgan fingerprint density at radius 1 is 1.28 bits per heavy atom. The van der Waals surface area contributed by atoms with Crippen molar-refractivity contribution in [1.82, 2.24) is 5.32 Å². The largest absolute Gasteiger partial charge is 0.465 e. The maximum atomic E-state index is 12.4. The number of benzene rings is 1. The number of dihydropyridines is 1. The summed E-state index contributed by atoms with van der Waals surface area (Å²) in [5, 5.41) is 12.9. The standard InChI is InChI=1S/C18H18N2O4S/c1-4-24-18(22)14-10(2)20-16(25)13(9-19)15(14)11-5-7-12(8-6-11)17(21)23-3/h5-8,15,20,25H,4H2,1-3H3. The molecule has 130 valence electrons. The highest BCUT2D eigenvalue weighted by Crippen LogP contribution is 2.39. The van der Waals surface area contributed by atoms with Crippen molar-refractivity contribution in [3.05, 3.63) is 57.3 Å². The van der Waals surface area contributed by atoms with Gasteiger partial charge in [0.15, 0.2) is 0 Å². The van der Waals surface area contributed by atoms with E-state index in [1.807, 2.05) is 0 Å². The number of esters is 2. The molecule has 1 aromatic carbocycles. The molecule has 7 heteroatoms. The zero-order valence-corrected chi connectivity index (χ0v) is 15.0. The fraction of sp³-hybridized carbons (Fsp3) is 0.278. The topological polar surface area (TPSA) is 88.4 Å². The maximum Gasteiger partial charge on any atom is 0.337 e. The predicted molar refractivity (Wildman–Crippen MR) is 94.6 cm³/mol. The van der Waals surface area contributed by atoms with Crippen LogP contribution in [0.15, 0.2) is 46.1 Å². The molecule has 0 fully saturated rings. The maximum absolute atomic E-state index is 12.4. The Balaban J connectivity index is 2.54. The average molecular weight is 358 g/mol. The van der Waals surface area contributed by atoms with Crippen LogP contribution in [0, 0.1) is 11.3 Å². The van der Waals surface area contributed by atoms with Gasteiger partial charge in [-0.25, -0.2) is 9.59 Å². The van der Waals surface area contributed by atoms with Gasteiger partial charge < -0.3 is 14.8 Å². The summed E-state index contributed by atoms with van der Waals surface area (Å²) in [5.74, 6) is -1.58. The fourth-order valence-electron chi connectivity index (χ4n) is 2.67. The lowest BCUT2D eigenvalue weighted by atomic mass is 9.82. The second kappa shape index (κ2) is 7.90. The molecule has 1 aliphatic heterocycles. The summed E-state index contributed by atoms with van der Waals surface area (Å²) in [4.78, 5) is 24.0. The van der Waals surface area contributed by atoms with E-state index in [0.29, 0.717) is 33.0 Å². The van der Waals surface area contributed by atoms with Crippen LogP contribution in [-0.4, -0.2) is 25.7 Å². The lowest BCUT2D eigenvalue weighted by Crippen LogP contribution is -2.28. The molecule has 1 aliphatic rings. The molecule has 1 N–H and O–H groups in total. The molecule has 0 spiro atoms. The van der Waals surface area contributed by atoms with E-state index in [-0.39, 0.29) is 6.61 Å². The number of carbonyl (C=O) groups is 2. The first-order chi connectivity index (χ1) is 11.9. The molecule has 0 bridgehead atoms. The van der Waals surface area contributed by atoms with Crippen molar-refractivity contribution in [1.29, 1.82) is 5.26 Å². The SMILES string of the molecule is CCOC(=O)C1=C(C)NC(S)=C(C#N)C1c1ccc(C(=O)OC)cc1. The van der Waals surface area contributed by atoms with Crippen LogP contribution in [0.2, 0.25) is 0 Å². The molecule has 0 aliphatic carbocycles. The summed E-state index contributed by atoms with van der Waals surface area (Å²) < 4.78 is 9.83. The van der Waals surface area contributed by atoms with Crippen molar-refractivity contribution >= 4 is 24.6 Å². The summed E-state index contributed by atoms with van der Waals surface area (Å²) in [7, 11) is 1.30. The zero-order chi connectivity index (χ0) is 18.6. The third-order valence-corrected chi connectivity index (χ3v) is 4.18. The number of nitrogens with one attached hydrogen (secondary N) is 1. The van der Waals surface area contributed by atoms with Gasteiger partial charge in [0.25, 0.3) is 0 Å². The molecule has 1 unspecified atom stereocenters. The third kappa shape index (κ3) is 3.69. The molecule has 1 aromatic rings. The smallest absolute Gasteiger partial charge is 0.337 e. The normalized spacial score (nSPS) is 16.8. The van der Waals surface area contributed by atoms with E-state index in [0.717, 1.165) is 0 Å². The van der Waals surface area contributed by atoms with E-state index in [1.54, 1.807) is 38.1 Å². The second-order valence-corrected chi connectivity index (χ2v) is 5.75. The van der Waals surface area contributed by atoms with Gasteiger partial charge in [0.1, 0.15) is 0 Å². The molecule has 0 amide bonds. The summed E-state index contributed by atoms with van der Waals surface area (Å²) in [5.41, 5.74) is 2.29. The van der Waals surface area contributed by atoms with Gasteiger partial charge in [0, 0.05) is 5.70 Å². The number of nitriles is 1. The highest BCUT2D eigenvalue weighted by Gasteiger charge is 2.34. The van der Waals surface area contributed by atoms with Crippen LogP contribution in [0.1, 0.15) is 35.7 Å². The molecule has 25 heavy (non-hydrogen) atoms. The van der Waals surface area contributed by atoms with E-state index in [1.165, 1.54) is 7.11 Å². The van der Waals surface area contributed by atoms with Crippen LogP contribution in [0.25, 0.3) is 0 Å². The zero-order valence-electron chi connectivity index (χ0n) is 14.1. The quantitative estimate of drug-likeness (QED) is 0.635. The molecule has 6 nitrogen and oxygen atoms in total. The lowest BCUT2D eigenvalue weighted by Gasteiger charge is -2.28. The first kappa shape index (κ1) is 18.6. The van der Waals surface area contributed by atoms with Crippen LogP contribution in [-0.2, 0) is 14.3 Å². The van der Waals surface area contributed by atoms with Gasteiger partial charge in [-0.2, -0.15) is 5.26 Å². The molecule has 0 saturated carbocycles. The Labute approximate surface area is 151 Å². The number of hydrogen-bond donors (Lipinski definition) is 2. The third-order valence-electron chi connectivity index (χ3n) is 3.82. The van der Waals surface area contributed by atoms with Crippen molar-refractivity contribution in [2.45, 2.75) is 19.8 Å². The fourth-order valence-corrected chi connectivity index (χ4v) is 3.02. The number of rotatable bonds is 4. The molecule has 0 aromatic heterocycles. The minimum atomic E-state index is -0.621. The van der Waals surface area contributed by atoms with Gasteiger partial charge in [-0.15, -0.1) is 12.6 Å². The van der Waals surface area contributed by atoms with Crippen molar-refractivity contribution < 1.29 is 19.1 Å². The van der Waals surface area contributed by atoms with E-state index in [2.05, 4.69) is 28.8 Å². The van der Waals surface area contributed by atoms with Crippen LogP contribution < -0.4 is 5.32 Å². The van der Waals surface area contributed by atoms with Gasteiger partial charge >= 0.3 is 11.9 Å². The average Bonchev–Trinajstić information content (AvgIpc) is 2.60. The highest BCUT2D eigenvalue weighted by molar-refractivity contribution is 7.84. The number of carbonyl (C=O) groups excluding carboxylic acids is 2. The molecular formula is C18H18N2O4S. The van der Waals surface area contributed by atoms with Gasteiger partial charge in [0.05, 0.1) is 47.4 Å². The highest BCUT2D eigenvalue weighted by atomic mass is 32.1.